The third-order valence-electron chi connectivity index (χ3n) is 4.36. The van der Waals surface area contributed by atoms with Crippen LogP contribution in [-0.4, -0.2) is 48.2 Å². The Morgan fingerprint density at radius 2 is 1.96 bits per heavy atom. The van der Waals surface area contributed by atoms with Crippen LogP contribution in [0.15, 0.2) is 12.2 Å². The van der Waals surface area contributed by atoms with Crippen LogP contribution in [0.5, 0.6) is 0 Å². The number of nitrogens with one attached hydrogen (secondary N) is 3. The van der Waals surface area contributed by atoms with E-state index in [0.29, 0.717) is 13.0 Å². The molecule has 1 rings (SSSR count). The minimum atomic E-state index is -0.719. The molecule has 0 aromatic heterocycles. The van der Waals surface area contributed by atoms with Crippen LogP contribution < -0.4 is 16.1 Å². The van der Waals surface area contributed by atoms with Gasteiger partial charge in [0.1, 0.15) is 6.04 Å². The van der Waals surface area contributed by atoms with Crippen molar-refractivity contribution in [2.75, 3.05) is 13.2 Å². The lowest BCUT2D eigenvalue weighted by Gasteiger charge is -2.31. The number of esters is 1. The Balaban J connectivity index is 2.74. The highest BCUT2D eigenvalue weighted by molar-refractivity contribution is 5.86. The van der Waals surface area contributed by atoms with E-state index in [1.807, 2.05) is 13.0 Å². The summed E-state index contributed by atoms with van der Waals surface area (Å²) in [6.45, 7) is 3.91. The molecule has 26 heavy (non-hydrogen) atoms. The monoisotopic (exact) mass is 369 g/mol. The fourth-order valence-electron chi connectivity index (χ4n) is 3.00. The summed E-state index contributed by atoms with van der Waals surface area (Å²) in [6, 6.07) is -0.991. The zero-order chi connectivity index (χ0) is 19.4. The Morgan fingerprint density at radius 1 is 1.23 bits per heavy atom. The number of unbranched alkanes of at least 4 members (excludes halogenated alkanes) is 1. The van der Waals surface area contributed by atoms with Crippen LogP contribution in [0.2, 0.25) is 0 Å². The molecular weight excluding hydrogens is 338 g/mol. The molecule has 148 valence electrons. The van der Waals surface area contributed by atoms with Crippen molar-refractivity contribution in [3.05, 3.63) is 12.2 Å². The second-order valence-electron chi connectivity index (χ2n) is 6.37. The van der Waals surface area contributed by atoms with E-state index in [1.54, 1.807) is 13.0 Å². The summed E-state index contributed by atoms with van der Waals surface area (Å²) >= 11 is 0. The third-order valence-corrected chi connectivity index (χ3v) is 4.36. The van der Waals surface area contributed by atoms with Crippen molar-refractivity contribution in [3.8, 4) is 0 Å². The highest BCUT2D eigenvalue weighted by Gasteiger charge is 2.34. The first kappa shape index (κ1) is 22.1. The molecule has 1 aliphatic carbocycles. The van der Waals surface area contributed by atoms with Gasteiger partial charge in [0.15, 0.2) is 0 Å². The van der Waals surface area contributed by atoms with Gasteiger partial charge in [0.05, 0.1) is 19.1 Å². The van der Waals surface area contributed by atoms with Gasteiger partial charge in [-0.05, 0) is 26.2 Å². The SMILES string of the molecule is CCC/C=C/C(NCC(=O)NO)C(=O)NC1CCCCC1C(=O)OCC. The molecule has 0 bridgehead atoms. The van der Waals surface area contributed by atoms with Gasteiger partial charge < -0.3 is 10.1 Å². The van der Waals surface area contributed by atoms with Gasteiger partial charge in [-0.25, -0.2) is 5.48 Å². The number of allylic oxidation sites excluding steroid dienone is 1. The molecule has 1 aliphatic rings. The summed E-state index contributed by atoms with van der Waals surface area (Å²) in [6.07, 6.45) is 8.62. The predicted octanol–water partition coefficient (Wildman–Crippen LogP) is 1.04. The summed E-state index contributed by atoms with van der Waals surface area (Å²) < 4.78 is 5.13. The van der Waals surface area contributed by atoms with E-state index < -0.39 is 11.9 Å². The van der Waals surface area contributed by atoms with Gasteiger partial charge in [0.25, 0.3) is 5.91 Å². The Hall–Kier alpha value is -1.93. The lowest BCUT2D eigenvalue weighted by molar-refractivity contribution is -0.150. The van der Waals surface area contributed by atoms with Gasteiger partial charge >= 0.3 is 5.97 Å². The highest BCUT2D eigenvalue weighted by atomic mass is 16.5. The van der Waals surface area contributed by atoms with Crippen LogP contribution >= 0.6 is 0 Å². The first-order valence-corrected chi connectivity index (χ1v) is 9.33. The van der Waals surface area contributed by atoms with E-state index in [2.05, 4.69) is 10.6 Å². The number of ether oxygens (including phenoxy) is 1. The minimum Gasteiger partial charge on any atom is -0.466 e. The van der Waals surface area contributed by atoms with Crippen molar-refractivity contribution in [1.82, 2.24) is 16.1 Å². The van der Waals surface area contributed by atoms with E-state index >= 15 is 0 Å². The Kier molecular flexibility index (Phi) is 10.6. The Labute approximate surface area is 154 Å². The molecule has 2 amide bonds. The van der Waals surface area contributed by atoms with Crippen molar-refractivity contribution in [3.63, 3.8) is 0 Å². The summed E-state index contributed by atoms with van der Waals surface area (Å²) in [5.74, 6) is -1.55. The van der Waals surface area contributed by atoms with Crippen LogP contribution in [0.1, 0.15) is 52.4 Å². The van der Waals surface area contributed by atoms with Crippen LogP contribution in [0.4, 0.5) is 0 Å². The predicted molar refractivity (Wildman–Crippen MR) is 96.3 cm³/mol. The molecule has 0 spiro atoms. The molecule has 0 heterocycles. The van der Waals surface area contributed by atoms with E-state index in [4.69, 9.17) is 9.94 Å². The van der Waals surface area contributed by atoms with Gasteiger partial charge in [-0.2, -0.15) is 0 Å². The molecule has 1 saturated carbocycles. The first-order valence-electron chi connectivity index (χ1n) is 9.33. The molecule has 1 fully saturated rings. The molecule has 0 saturated heterocycles. The topological polar surface area (TPSA) is 117 Å². The minimum absolute atomic E-state index is 0.197. The first-order chi connectivity index (χ1) is 12.5. The fraction of sp³-hybridized carbons (Fsp3) is 0.722. The molecular formula is C18H31N3O5. The third kappa shape index (κ3) is 7.53. The average molecular weight is 369 g/mol. The van der Waals surface area contributed by atoms with E-state index in [1.165, 1.54) is 5.48 Å². The standard InChI is InChI=1S/C18H31N3O5/c1-3-5-6-11-15(19-12-16(22)21-25)17(23)20-14-10-8-7-9-13(14)18(24)26-4-2/h6,11,13-15,19,25H,3-5,7-10,12H2,1-2H3,(H,20,23)(H,21,22)/b11-6+. The summed E-state index contributed by atoms with van der Waals surface area (Å²) in [4.78, 5) is 36.0. The van der Waals surface area contributed by atoms with Gasteiger partial charge in [-0.3, -0.25) is 24.9 Å². The van der Waals surface area contributed by atoms with Crippen molar-refractivity contribution in [2.24, 2.45) is 5.92 Å². The fourth-order valence-corrected chi connectivity index (χ4v) is 3.00. The summed E-state index contributed by atoms with van der Waals surface area (Å²) in [5.41, 5.74) is 1.53. The number of carbonyl (C=O) groups excluding carboxylic acids is 3. The molecule has 8 heteroatoms. The highest BCUT2D eigenvalue weighted by Crippen LogP contribution is 2.25. The van der Waals surface area contributed by atoms with Crippen LogP contribution in [-0.2, 0) is 19.1 Å². The van der Waals surface area contributed by atoms with Gasteiger partial charge in [-0.1, -0.05) is 38.3 Å². The van der Waals surface area contributed by atoms with E-state index in [0.717, 1.165) is 32.1 Å². The van der Waals surface area contributed by atoms with Crippen LogP contribution in [0.3, 0.4) is 0 Å². The number of carbonyl (C=O) groups is 3. The number of hydrogen-bond donors (Lipinski definition) is 4. The molecule has 4 N–H and O–H groups in total. The average Bonchev–Trinajstić information content (AvgIpc) is 2.64. The Bertz CT molecular complexity index is 495. The number of hydrogen-bond acceptors (Lipinski definition) is 6. The second kappa shape index (κ2) is 12.4. The second-order valence-corrected chi connectivity index (χ2v) is 6.37. The summed E-state index contributed by atoms with van der Waals surface area (Å²) in [5, 5.41) is 14.3. The Morgan fingerprint density at radius 3 is 2.62 bits per heavy atom. The van der Waals surface area contributed by atoms with E-state index in [-0.39, 0.29) is 30.4 Å². The van der Waals surface area contributed by atoms with Gasteiger partial charge in [-0.15, -0.1) is 0 Å². The van der Waals surface area contributed by atoms with Crippen LogP contribution in [0.25, 0.3) is 0 Å². The normalized spacial score (nSPS) is 21.2. The lowest BCUT2D eigenvalue weighted by atomic mass is 9.84. The van der Waals surface area contributed by atoms with Crippen molar-refractivity contribution in [1.29, 1.82) is 0 Å². The van der Waals surface area contributed by atoms with Crippen LogP contribution in [0, 0.1) is 5.92 Å². The number of hydroxylamine groups is 1. The maximum absolute atomic E-state index is 12.7. The quantitative estimate of drug-likeness (QED) is 0.198. The number of amides is 2. The molecule has 3 atom stereocenters. The molecule has 0 radical (unpaired) electrons. The zero-order valence-electron chi connectivity index (χ0n) is 15.6. The molecule has 0 aromatic carbocycles. The molecule has 3 unspecified atom stereocenters. The van der Waals surface area contributed by atoms with Crippen molar-refractivity contribution in [2.45, 2.75) is 64.5 Å². The summed E-state index contributed by atoms with van der Waals surface area (Å²) in [7, 11) is 0. The van der Waals surface area contributed by atoms with Gasteiger partial charge in [0.2, 0.25) is 5.91 Å². The maximum Gasteiger partial charge on any atom is 0.311 e. The van der Waals surface area contributed by atoms with Crippen molar-refractivity contribution >= 4 is 17.8 Å². The zero-order valence-corrected chi connectivity index (χ0v) is 15.6. The van der Waals surface area contributed by atoms with Gasteiger partial charge in [0, 0.05) is 6.04 Å². The van der Waals surface area contributed by atoms with E-state index in [9.17, 15) is 14.4 Å². The largest absolute Gasteiger partial charge is 0.466 e. The lowest BCUT2D eigenvalue weighted by Crippen LogP contribution is -2.52. The smallest absolute Gasteiger partial charge is 0.311 e. The number of rotatable bonds is 10. The molecule has 0 aromatic rings. The molecule has 0 aliphatic heterocycles. The van der Waals surface area contributed by atoms with Crippen molar-refractivity contribution < 1.29 is 24.3 Å². The molecule has 8 nitrogen and oxygen atoms in total. The maximum atomic E-state index is 12.7.